The molecule has 1 nitrogen and oxygen atoms in total. The molecule has 0 aliphatic heterocycles. The third-order valence-corrected chi connectivity index (χ3v) is 10.4. The van der Waals surface area contributed by atoms with Gasteiger partial charge in [0.1, 0.15) is 28.9 Å². The van der Waals surface area contributed by atoms with Crippen molar-refractivity contribution in [2.24, 2.45) is 0 Å². The van der Waals surface area contributed by atoms with Gasteiger partial charge in [0.15, 0.2) is 0 Å². The van der Waals surface area contributed by atoms with Gasteiger partial charge in [-0.25, -0.2) is 0 Å². The van der Waals surface area contributed by atoms with E-state index < -0.39 is 7.26 Å². The van der Waals surface area contributed by atoms with Crippen LogP contribution in [0.1, 0.15) is 18.4 Å². The molecule has 4 aromatic rings. The number of rotatable bonds is 10. The number of ether oxygens (including phenoxy) is 1. The molecule has 0 N–H and O–H groups in total. The lowest BCUT2D eigenvalue weighted by atomic mass is 10.2. The van der Waals surface area contributed by atoms with Gasteiger partial charge in [0.05, 0.1) is 12.8 Å². The second-order valence-electron chi connectivity index (χ2n) is 7.87. The fraction of sp³-hybridized carbons (Fsp3) is 0.133. The molecule has 0 aliphatic rings. The number of hydrogen-bond acceptors (Lipinski definition) is 1. The van der Waals surface area contributed by atoms with E-state index in [0.717, 1.165) is 36.9 Å². The number of halogens is 1. The van der Waals surface area contributed by atoms with E-state index in [1.165, 1.54) is 15.9 Å². The first kappa shape index (κ1) is 25.0. The normalized spacial score (nSPS) is 10.8. The quantitative estimate of drug-likeness (QED) is 0.231. The van der Waals surface area contributed by atoms with Crippen molar-refractivity contribution >= 4 is 29.3 Å². The molecule has 0 atom stereocenters. The van der Waals surface area contributed by atoms with Gasteiger partial charge < -0.3 is 21.7 Å². The molecular weight excluding hydrogens is 487 g/mol. The minimum Gasteiger partial charge on any atom is -1.00 e. The van der Waals surface area contributed by atoms with E-state index >= 15 is 0 Å². The minimum atomic E-state index is -1.74. The Labute approximate surface area is 209 Å². The van der Waals surface area contributed by atoms with Crippen molar-refractivity contribution in [1.29, 1.82) is 0 Å². The lowest BCUT2D eigenvalue weighted by Gasteiger charge is -2.27. The van der Waals surface area contributed by atoms with Crippen LogP contribution in [0.15, 0.2) is 122 Å². The van der Waals surface area contributed by atoms with Crippen molar-refractivity contribution in [3.8, 4) is 5.75 Å². The summed E-state index contributed by atoms with van der Waals surface area (Å²) in [6.45, 7) is 4.54. The molecule has 0 amide bonds. The molecule has 0 spiro atoms. The van der Waals surface area contributed by atoms with Crippen LogP contribution in [-0.2, 0) is 0 Å². The Morgan fingerprint density at radius 3 is 1.48 bits per heavy atom. The van der Waals surface area contributed by atoms with Crippen LogP contribution < -0.4 is 37.6 Å². The predicted molar refractivity (Wildman–Crippen MR) is 141 cm³/mol. The van der Waals surface area contributed by atoms with Crippen molar-refractivity contribution < 1.29 is 21.7 Å². The van der Waals surface area contributed by atoms with Crippen LogP contribution in [0.3, 0.4) is 0 Å². The Bertz CT molecular complexity index is 1000. The van der Waals surface area contributed by atoms with E-state index in [0.29, 0.717) is 0 Å². The zero-order chi connectivity index (χ0) is 22.1. The highest BCUT2D eigenvalue weighted by molar-refractivity contribution is 7.95. The van der Waals surface area contributed by atoms with Crippen LogP contribution in [-0.4, -0.2) is 12.8 Å². The summed E-state index contributed by atoms with van der Waals surface area (Å²) < 4.78 is 6.02. The SMILES string of the molecule is C=Cc1ccc(OCCCC[P+](c2ccccc2)(c2ccccc2)c2ccccc2)cc1.[Br-]. The molecule has 3 heteroatoms. The van der Waals surface area contributed by atoms with Gasteiger partial charge in [0, 0.05) is 0 Å². The zero-order valence-corrected chi connectivity index (χ0v) is 21.3. The minimum absolute atomic E-state index is 0. The highest BCUT2D eigenvalue weighted by atomic mass is 79.9. The fourth-order valence-corrected chi connectivity index (χ4v) is 8.63. The molecule has 0 aromatic heterocycles. The maximum absolute atomic E-state index is 6.02. The summed E-state index contributed by atoms with van der Waals surface area (Å²) in [6, 6.07) is 41.4. The van der Waals surface area contributed by atoms with E-state index in [4.69, 9.17) is 4.74 Å². The van der Waals surface area contributed by atoms with Crippen LogP contribution in [0.5, 0.6) is 5.75 Å². The van der Waals surface area contributed by atoms with Crippen molar-refractivity contribution in [2.75, 3.05) is 12.8 Å². The van der Waals surface area contributed by atoms with Crippen molar-refractivity contribution in [1.82, 2.24) is 0 Å². The third kappa shape index (κ3) is 6.02. The van der Waals surface area contributed by atoms with Gasteiger partial charge in [0.25, 0.3) is 0 Å². The molecule has 0 fully saturated rings. The van der Waals surface area contributed by atoms with Crippen molar-refractivity contribution in [2.45, 2.75) is 12.8 Å². The van der Waals surface area contributed by atoms with E-state index in [9.17, 15) is 0 Å². The van der Waals surface area contributed by atoms with Crippen LogP contribution in [0.4, 0.5) is 0 Å². The van der Waals surface area contributed by atoms with E-state index in [1.54, 1.807) is 0 Å². The summed E-state index contributed by atoms with van der Waals surface area (Å²) in [5.41, 5.74) is 1.11. The maximum Gasteiger partial charge on any atom is 0.119 e. The van der Waals surface area contributed by atoms with E-state index in [1.807, 2.05) is 30.3 Å². The van der Waals surface area contributed by atoms with Crippen LogP contribution in [0.2, 0.25) is 0 Å². The summed E-state index contributed by atoms with van der Waals surface area (Å²) in [4.78, 5) is 0. The van der Waals surface area contributed by atoms with Gasteiger partial charge in [-0.2, -0.15) is 0 Å². The monoisotopic (exact) mass is 516 g/mol. The van der Waals surface area contributed by atoms with Crippen LogP contribution in [0, 0.1) is 0 Å². The molecule has 0 heterocycles. The average Bonchev–Trinajstić information content (AvgIpc) is 2.88. The van der Waals surface area contributed by atoms with Gasteiger partial charge in [-0.05, 0) is 66.9 Å². The van der Waals surface area contributed by atoms with Gasteiger partial charge >= 0.3 is 0 Å². The predicted octanol–water partition coefficient (Wildman–Crippen LogP) is 3.49. The molecule has 4 rings (SSSR count). The second kappa shape index (κ2) is 12.5. The average molecular weight is 517 g/mol. The molecule has 0 bridgehead atoms. The molecule has 0 radical (unpaired) electrons. The summed E-state index contributed by atoms with van der Waals surface area (Å²) in [5.74, 6) is 0.922. The highest BCUT2D eigenvalue weighted by Gasteiger charge is 2.44. The highest BCUT2D eigenvalue weighted by Crippen LogP contribution is 2.55. The Morgan fingerprint density at radius 2 is 1.06 bits per heavy atom. The smallest absolute Gasteiger partial charge is 0.119 e. The largest absolute Gasteiger partial charge is 1.00 e. The summed E-state index contributed by atoms with van der Waals surface area (Å²) in [6.07, 6.45) is 5.11. The van der Waals surface area contributed by atoms with Crippen molar-refractivity contribution in [3.63, 3.8) is 0 Å². The van der Waals surface area contributed by atoms with Crippen LogP contribution >= 0.6 is 7.26 Å². The maximum atomic E-state index is 6.02. The number of unbranched alkanes of at least 4 members (excludes halogenated alkanes) is 1. The number of hydrogen-bond donors (Lipinski definition) is 0. The first-order chi connectivity index (χ1) is 15.8. The van der Waals surface area contributed by atoms with Gasteiger partial charge in [-0.1, -0.05) is 79.4 Å². The molecule has 0 saturated carbocycles. The van der Waals surface area contributed by atoms with Gasteiger partial charge in [-0.15, -0.1) is 0 Å². The molecule has 0 aliphatic carbocycles. The summed E-state index contributed by atoms with van der Waals surface area (Å²) >= 11 is 0. The van der Waals surface area contributed by atoms with Gasteiger partial charge in [-0.3, -0.25) is 0 Å². The molecule has 0 unspecified atom stereocenters. The van der Waals surface area contributed by atoms with Gasteiger partial charge in [0.2, 0.25) is 0 Å². The van der Waals surface area contributed by atoms with E-state index in [-0.39, 0.29) is 17.0 Å². The molecule has 168 valence electrons. The Kier molecular flexibility index (Phi) is 9.48. The van der Waals surface area contributed by atoms with Crippen LogP contribution in [0.25, 0.3) is 6.08 Å². The zero-order valence-electron chi connectivity index (χ0n) is 18.8. The molecule has 33 heavy (non-hydrogen) atoms. The Balaban J connectivity index is 0.00000306. The summed E-state index contributed by atoms with van der Waals surface area (Å²) in [7, 11) is -1.74. The first-order valence-corrected chi connectivity index (χ1v) is 13.2. The lowest BCUT2D eigenvalue weighted by Crippen LogP contribution is -3.00. The third-order valence-electron chi connectivity index (χ3n) is 5.86. The number of benzene rings is 4. The molecule has 0 saturated heterocycles. The molecule has 4 aromatic carbocycles. The Morgan fingerprint density at radius 1 is 0.606 bits per heavy atom. The fourth-order valence-electron chi connectivity index (χ4n) is 4.22. The molecular formula is C30H30BrOP. The standard InChI is InChI=1S/C30H30OP.BrH/c1-2-26-20-22-27(23-21-26)31-24-12-13-25-32(28-14-6-3-7-15-28,29-16-8-4-9-17-29)30-18-10-5-11-19-30;/h2-11,14-23H,1,12-13,24-25H2;1H/q+1;/p-1. The lowest BCUT2D eigenvalue weighted by molar-refractivity contribution is -0.00000670. The first-order valence-electron chi connectivity index (χ1n) is 11.2. The second-order valence-corrected chi connectivity index (χ2v) is 11.5. The summed E-state index contributed by atoms with van der Waals surface area (Å²) in [5, 5.41) is 4.33. The Hall–Kier alpha value is -2.67. The van der Waals surface area contributed by atoms with E-state index in [2.05, 4.69) is 97.6 Å². The van der Waals surface area contributed by atoms with Crippen molar-refractivity contribution in [3.05, 3.63) is 127 Å². The topological polar surface area (TPSA) is 9.23 Å².